The van der Waals surface area contributed by atoms with Gasteiger partial charge in [-0.3, -0.25) is 0 Å². The molecule has 4 aromatic carbocycles. The number of hydrogen-bond acceptors (Lipinski definition) is 2. The van der Waals surface area contributed by atoms with Gasteiger partial charge in [0.1, 0.15) is 5.82 Å². The molecule has 0 fully saturated rings. The first kappa shape index (κ1) is 15.3. The monoisotopic (exact) mass is 362 g/mol. The third kappa shape index (κ3) is 2.03. The summed E-state index contributed by atoms with van der Waals surface area (Å²) in [4.78, 5) is 12.0. The van der Waals surface area contributed by atoms with Crippen LogP contribution in [-0.2, 0) is 0 Å². The molecule has 2 aromatic heterocycles. The van der Waals surface area contributed by atoms with E-state index >= 15 is 0 Å². The molecule has 28 heavy (non-hydrogen) atoms. The third-order valence-corrected chi connectivity index (χ3v) is 5.60. The number of aromatic nitrogens is 3. The number of rotatable bonds is 2. The highest BCUT2D eigenvalue weighted by Gasteiger charge is 2.15. The minimum absolute atomic E-state index is 0.891. The molecular formula is C24H18N4. The normalized spacial score (nSPS) is 11.8. The number of anilines is 1. The molecule has 0 bridgehead atoms. The lowest BCUT2D eigenvalue weighted by Gasteiger charge is -2.08. The van der Waals surface area contributed by atoms with Crippen LogP contribution in [0.2, 0.25) is 0 Å². The molecule has 3 N–H and O–H groups in total. The summed E-state index contributed by atoms with van der Waals surface area (Å²) >= 11 is 0. The topological polar surface area (TPSA) is 56.5 Å². The van der Waals surface area contributed by atoms with Gasteiger partial charge in [0.05, 0.1) is 11.0 Å². The van der Waals surface area contributed by atoms with Gasteiger partial charge in [-0.05, 0) is 29.0 Å². The number of benzene rings is 4. The van der Waals surface area contributed by atoms with Crippen LogP contribution in [0.1, 0.15) is 0 Å². The van der Waals surface area contributed by atoms with Crippen molar-refractivity contribution in [1.82, 2.24) is 15.0 Å². The van der Waals surface area contributed by atoms with Crippen molar-refractivity contribution in [3.8, 4) is 11.4 Å². The van der Waals surface area contributed by atoms with E-state index in [1.54, 1.807) is 0 Å². The molecule has 0 aliphatic carbocycles. The lowest BCUT2D eigenvalue weighted by molar-refractivity contribution is 1.34. The van der Waals surface area contributed by atoms with Crippen molar-refractivity contribution in [1.29, 1.82) is 0 Å². The lowest BCUT2D eigenvalue weighted by atomic mass is 9.99. The zero-order valence-corrected chi connectivity index (χ0v) is 15.4. The fourth-order valence-corrected chi connectivity index (χ4v) is 4.22. The first-order valence-electron chi connectivity index (χ1n) is 9.42. The number of imidazole rings is 1. The van der Waals surface area contributed by atoms with Crippen LogP contribution in [-0.4, -0.2) is 22.0 Å². The predicted octanol–water partition coefficient (Wildman–Crippen LogP) is 6.06. The Morgan fingerprint density at radius 3 is 2.43 bits per heavy atom. The fourth-order valence-electron chi connectivity index (χ4n) is 4.22. The van der Waals surface area contributed by atoms with Crippen LogP contribution < -0.4 is 5.32 Å². The van der Waals surface area contributed by atoms with Crippen LogP contribution >= 0.6 is 0 Å². The van der Waals surface area contributed by atoms with Gasteiger partial charge in [-0.1, -0.05) is 48.5 Å². The van der Waals surface area contributed by atoms with Gasteiger partial charge in [-0.2, -0.15) is 0 Å². The Bertz CT molecular complexity index is 1500. The second kappa shape index (κ2) is 5.60. The van der Waals surface area contributed by atoms with Gasteiger partial charge in [0.2, 0.25) is 0 Å². The standard InChI is InChI=1S/C24H18N4/c1-25-14-10-11-18-19(12-14)15-6-2-3-8-17(15)22-23(18)28-24(27-22)20-13-26-21-9-5-4-7-16(20)21/h2-13,25-26H,1H3,(H,27,28). The number of para-hydroxylation sites is 1. The number of nitrogens with one attached hydrogen (secondary N) is 3. The molecule has 0 aliphatic heterocycles. The van der Waals surface area contributed by atoms with Gasteiger partial charge in [0.15, 0.2) is 0 Å². The van der Waals surface area contributed by atoms with E-state index < -0.39 is 0 Å². The Morgan fingerprint density at radius 1 is 0.786 bits per heavy atom. The van der Waals surface area contributed by atoms with Gasteiger partial charge in [0, 0.05) is 46.2 Å². The molecule has 0 saturated heterocycles. The maximum absolute atomic E-state index is 5.04. The summed E-state index contributed by atoms with van der Waals surface area (Å²) in [7, 11) is 1.95. The van der Waals surface area contributed by atoms with Crippen LogP contribution in [0.15, 0.2) is 72.9 Å². The van der Waals surface area contributed by atoms with Crippen LogP contribution in [0.25, 0.3) is 54.9 Å². The molecule has 0 unspecified atom stereocenters. The van der Waals surface area contributed by atoms with Crippen LogP contribution in [0.5, 0.6) is 0 Å². The summed E-state index contributed by atoms with van der Waals surface area (Å²) in [6.45, 7) is 0. The molecule has 0 radical (unpaired) electrons. The molecule has 2 heterocycles. The number of fused-ring (bicyclic) bond motifs is 7. The second-order valence-corrected chi connectivity index (χ2v) is 7.11. The molecule has 0 amide bonds. The Labute approximate surface area is 161 Å². The number of aromatic amines is 2. The SMILES string of the molecule is CNc1ccc2c(c1)c1ccccc1c1[nH]c(-c3c[nH]c4ccccc34)nc21. The van der Waals surface area contributed by atoms with Gasteiger partial charge >= 0.3 is 0 Å². The van der Waals surface area contributed by atoms with E-state index in [0.717, 1.165) is 39.0 Å². The average Bonchev–Trinajstić information content (AvgIpc) is 3.38. The zero-order valence-electron chi connectivity index (χ0n) is 15.4. The van der Waals surface area contributed by atoms with Crippen LogP contribution in [0.3, 0.4) is 0 Å². The number of nitrogens with zero attached hydrogens (tertiary/aromatic N) is 1. The number of H-pyrrole nitrogens is 2. The highest BCUT2D eigenvalue weighted by atomic mass is 14.9. The summed E-state index contributed by atoms with van der Waals surface area (Å²) < 4.78 is 0. The summed E-state index contributed by atoms with van der Waals surface area (Å²) in [6, 6.07) is 23.3. The molecule has 6 aromatic rings. The Balaban J connectivity index is 1.75. The van der Waals surface area contributed by atoms with Gasteiger partial charge in [-0.25, -0.2) is 4.98 Å². The second-order valence-electron chi connectivity index (χ2n) is 7.11. The van der Waals surface area contributed by atoms with Crippen molar-refractivity contribution < 1.29 is 0 Å². The van der Waals surface area contributed by atoms with E-state index in [4.69, 9.17) is 4.98 Å². The lowest BCUT2D eigenvalue weighted by Crippen LogP contribution is -1.88. The Morgan fingerprint density at radius 2 is 1.57 bits per heavy atom. The van der Waals surface area contributed by atoms with Crippen molar-refractivity contribution in [3.63, 3.8) is 0 Å². The van der Waals surface area contributed by atoms with Crippen LogP contribution in [0, 0.1) is 0 Å². The maximum atomic E-state index is 5.04. The average molecular weight is 362 g/mol. The quantitative estimate of drug-likeness (QED) is 0.328. The van der Waals surface area contributed by atoms with E-state index in [-0.39, 0.29) is 0 Å². The molecule has 4 nitrogen and oxygen atoms in total. The summed E-state index contributed by atoms with van der Waals surface area (Å²) in [5.41, 5.74) is 5.41. The maximum Gasteiger partial charge on any atom is 0.140 e. The first-order chi connectivity index (χ1) is 13.8. The summed E-state index contributed by atoms with van der Waals surface area (Å²) in [5, 5.41) is 9.22. The van der Waals surface area contributed by atoms with Crippen molar-refractivity contribution in [2.24, 2.45) is 0 Å². The van der Waals surface area contributed by atoms with Crippen molar-refractivity contribution in [2.45, 2.75) is 0 Å². The smallest absolute Gasteiger partial charge is 0.140 e. The zero-order chi connectivity index (χ0) is 18.7. The molecule has 134 valence electrons. The molecule has 6 rings (SSSR count). The van der Waals surface area contributed by atoms with Crippen molar-refractivity contribution in [2.75, 3.05) is 12.4 Å². The van der Waals surface area contributed by atoms with E-state index in [1.165, 1.54) is 21.5 Å². The largest absolute Gasteiger partial charge is 0.388 e. The van der Waals surface area contributed by atoms with E-state index in [9.17, 15) is 0 Å². The first-order valence-corrected chi connectivity index (χ1v) is 9.42. The van der Waals surface area contributed by atoms with Crippen LogP contribution in [0.4, 0.5) is 5.69 Å². The molecule has 0 saturated carbocycles. The minimum atomic E-state index is 0.891. The predicted molar refractivity (Wildman–Crippen MR) is 118 cm³/mol. The molecule has 4 heteroatoms. The Hall–Kier alpha value is -3.79. The molecule has 0 aliphatic rings. The van der Waals surface area contributed by atoms with E-state index in [2.05, 4.69) is 75.9 Å². The fraction of sp³-hybridized carbons (Fsp3) is 0.0417. The summed E-state index contributed by atoms with van der Waals surface area (Å²) in [6.07, 6.45) is 2.03. The minimum Gasteiger partial charge on any atom is -0.388 e. The van der Waals surface area contributed by atoms with Gasteiger partial charge in [-0.15, -0.1) is 0 Å². The molecule has 0 atom stereocenters. The van der Waals surface area contributed by atoms with E-state index in [1.807, 2.05) is 19.3 Å². The van der Waals surface area contributed by atoms with Gasteiger partial charge < -0.3 is 15.3 Å². The third-order valence-electron chi connectivity index (χ3n) is 5.60. The highest BCUT2D eigenvalue weighted by molar-refractivity contribution is 6.24. The van der Waals surface area contributed by atoms with Gasteiger partial charge in [0.25, 0.3) is 0 Å². The Kier molecular flexibility index (Phi) is 3.06. The van der Waals surface area contributed by atoms with E-state index in [0.29, 0.717) is 0 Å². The highest BCUT2D eigenvalue weighted by Crippen LogP contribution is 2.37. The summed E-state index contributed by atoms with van der Waals surface area (Å²) in [5.74, 6) is 0.891. The van der Waals surface area contributed by atoms with Crippen molar-refractivity contribution >= 4 is 49.2 Å². The molecule has 0 spiro atoms. The molecular weight excluding hydrogens is 344 g/mol. The number of hydrogen-bond donors (Lipinski definition) is 3. The van der Waals surface area contributed by atoms with Crippen molar-refractivity contribution in [3.05, 3.63) is 72.9 Å².